The summed E-state index contributed by atoms with van der Waals surface area (Å²) in [5, 5.41) is 3.91. The fourth-order valence-electron chi connectivity index (χ4n) is 1.45. The van der Waals surface area contributed by atoms with Crippen molar-refractivity contribution in [1.82, 2.24) is 5.32 Å². The lowest BCUT2D eigenvalue weighted by atomic mass is 10.1. The van der Waals surface area contributed by atoms with Crippen molar-refractivity contribution >= 4 is 35.0 Å². The Kier molecular flexibility index (Phi) is 5.78. The second-order valence-corrected chi connectivity index (χ2v) is 7.18. The molecule has 0 saturated carbocycles. The van der Waals surface area contributed by atoms with Gasteiger partial charge < -0.3 is 5.32 Å². The zero-order chi connectivity index (χ0) is 13.9. The Hall–Kier alpha value is 0.0400. The number of rotatable bonds is 5. The number of nitrogens with one attached hydrogen (secondary N) is 1. The standard InChI is InChI=1S/C13H18Cl2FNS/c1-8(17-7-13(2,3)18-4)9-5-12(16)11(15)6-10(9)14/h5-6,8,17H,7H2,1-4H3. The van der Waals surface area contributed by atoms with Crippen LogP contribution in [-0.4, -0.2) is 17.5 Å². The van der Waals surface area contributed by atoms with Gasteiger partial charge in [0.2, 0.25) is 0 Å². The summed E-state index contributed by atoms with van der Waals surface area (Å²) >= 11 is 13.5. The quantitative estimate of drug-likeness (QED) is 0.774. The molecule has 1 unspecified atom stereocenters. The summed E-state index contributed by atoms with van der Waals surface area (Å²) in [6, 6.07) is 2.83. The van der Waals surface area contributed by atoms with Crippen molar-refractivity contribution in [2.75, 3.05) is 12.8 Å². The van der Waals surface area contributed by atoms with Crippen molar-refractivity contribution in [2.45, 2.75) is 31.6 Å². The van der Waals surface area contributed by atoms with Crippen LogP contribution in [0.15, 0.2) is 12.1 Å². The zero-order valence-electron chi connectivity index (χ0n) is 11.0. The second kappa shape index (κ2) is 6.47. The molecule has 0 amide bonds. The van der Waals surface area contributed by atoms with Gasteiger partial charge in [0.05, 0.1) is 5.02 Å². The summed E-state index contributed by atoms with van der Waals surface area (Å²) in [5.74, 6) is -0.436. The second-order valence-electron chi connectivity index (χ2n) is 4.85. The van der Waals surface area contributed by atoms with E-state index in [1.54, 1.807) is 11.8 Å². The van der Waals surface area contributed by atoms with Gasteiger partial charge in [-0.25, -0.2) is 4.39 Å². The Morgan fingerprint density at radius 3 is 2.50 bits per heavy atom. The fourth-order valence-corrected chi connectivity index (χ4v) is 2.23. The average molecular weight is 310 g/mol. The van der Waals surface area contributed by atoms with E-state index in [4.69, 9.17) is 23.2 Å². The number of thioether (sulfide) groups is 1. The minimum atomic E-state index is -0.436. The van der Waals surface area contributed by atoms with Gasteiger partial charge in [0.25, 0.3) is 0 Å². The van der Waals surface area contributed by atoms with Gasteiger partial charge in [-0.1, -0.05) is 23.2 Å². The molecule has 0 fully saturated rings. The van der Waals surface area contributed by atoms with Gasteiger partial charge in [0, 0.05) is 22.4 Å². The van der Waals surface area contributed by atoms with Crippen molar-refractivity contribution in [3.05, 3.63) is 33.6 Å². The van der Waals surface area contributed by atoms with E-state index in [1.807, 2.05) is 6.92 Å². The molecule has 0 aliphatic carbocycles. The Balaban J connectivity index is 2.79. The third-order valence-electron chi connectivity index (χ3n) is 2.89. The first-order valence-corrected chi connectivity index (χ1v) is 7.68. The molecule has 0 heterocycles. The minimum absolute atomic E-state index is 0.0179. The minimum Gasteiger partial charge on any atom is -0.309 e. The number of hydrogen-bond donors (Lipinski definition) is 1. The SMILES string of the molecule is CSC(C)(C)CNC(C)c1cc(F)c(Cl)cc1Cl. The molecule has 1 aromatic rings. The first-order valence-electron chi connectivity index (χ1n) is 5.70. The van der Waals surface area contributed by atoms with E-state index in [0.717, 1.165) is 12.1 Å². The lowest BCUT2D eigenvalue weighted by Gasteiger charge is -2.25. The molecule has 0 saturated heterocycles. The van der Waals surface area contributed by atoms with Crippen molar-refractivity contribution in [2.24, 2.45) is 0 Å². The van der Waals surface area contributed by atoms with Crippen LogP contribution in [0, 0.1) is 5.82 Å². The van der Waals surface area contributed by atoms with Gasteiger partial charge in [-0.15, -0.1) is 0 Å². The Morgan fingerprint density at radius 2 is 1.94 bits per heavy atom. The Morgan fingerprint density at radius 1 is 1.33 bits per heavy atom. The van der Waals surface area contributed by atoms with E-state index < -0.39 is 5.82 Å². The Labute approximate surface area is 122 Å². The maximum atomic E-state index is 13.4. The first-order chi connectivity index (χ1) is 8.26. The smallest absolute Gasteiger partial charge is 0.142 e. The first kappa shape index (κ1) is 16.1. The molecule has 5 heteroatoms. The van der Waals surface area contributed by atoms with Gasteiger partial charge in [0.15, 0.2) is 0 Å². The van der Waals surface area contributed by atoms with E-state index in [2.05, 4.69) is 25.4 Å². The number of benzene rings is 1. The molecule has 1 aromatic carbocycles. The van der Waals surface area contributed by atoms with E-state index in [-0.39, 0.29) is 15.8 Å². The van der Waals surface area contributed by atoms with Crippen molar-refractivity contribution in [3.63, 3.8) is 0 Å². The normalized spacial score (nSPS) is 13.7. The van der Waals surface area contributed by atoms with Crippen LogP contribution in [0.5, 0.6) is 0 Å². The molecule has 1 nitrogen and oxygen atoms in total. The number of hydrogen-bond acceptors (Lipinski definition) is 2. The van der Waals surface area contributed by atoms with Crippen LogP contribution < -0.4 is 5.32 Å². The van der Waals surface area contributed by atoms with Crippen LogP contribution in [0.25, 0.3) is 0 Å². The summed E-state index contributed by atoms with van der Waals surface area (Å²) in [7, 11) is 0. The van der Waals surface area contributed by atoms with Gasteiger partial charge in [0.1, 0.15) is 5.82 Å². The molecular formula is C13H18Cl2FNS. The molecule has 1 atom stereocenters. The fraction of sp³-hybridized carbons (Fsp3) is 0.538. The zero-order valence-corrected chi connectivity index (χ0v) is 13.3. The van der Waals surface area contributed by atoms with Crippen LogP contribution in [0.3, 0.4) is 0 Å². The van der Waals surface area contributed by atoms with Crippen molar-refractivity contribution in [1.29, 1.82) is 0 Å². The highest BCUT2D eigenvalue weighted by Crippen LogP contribution is 2.29. The van der Waals surface area contributed by atoms with E-state index in [0.29, 0.717) is 5.02 Å². The largest absolute Gasteiger partial charge is 0.309 e. The molecule has 0 bridgehead atoms. The Bertz CT molecular complexity index is 424. The molecule has 0 radical (unpaired) electrons. The van der Waals surface area contributed by atoms with Gasteiger partial charge in [-0.3, -0.25) is 0 Å². The maximum absolute atomic E-state index is 13.4. The molecule has 1 N–H and O–H groups in total. The average Bonchev–Trinajstić information content (AvgIpc) is 2.31. The highest BCUT2D eigenvalue weighted by atomic mass is 35.5. The van der Waals surface area contributed by atoms with Crippen LogP contribution in [0.1, 0.15) is 32.4 Å². The summed E-state index contributed by atoms with van der Waals surface area (Å²) in [6.07, 6.45) is 2.07. The molecule has 102 valence electrons. The third kappa shape index (κ3) is 4.30. The number of halogens is 3. The summed E-state index contributed by atoms with van der Waals surface area (Å²) in [5.41, 5.74) is 0.732. The van der Waals surface area contributed by atoms with Crippen LogP contribution >= 0.6 is 35.0 Å². The van der Waals surface area contributed by atoms with Crippen LogP contribution in [0.2, 0.25) is 10.0 Å². The third-order valence-corrected chi connectivity index (χ3v) is 4.76. The molecule has 0 aliphatic heterocycles. The molecular weight excluding hydrogens is 292 g/mol. The van der Waals surface area contributed by atoms with E-state index >= 15 is 0 Å². The summed E-state index contributed by atoms with van der Waals surface area (Å²) < 4.78 is 13.6. The molecule has 1 rings (SSSR count). The van der Waals surface area contributed by atoms with Crippen LogP contribution in [-0.2, 0) is 0 Å². The molecule has 18 heavy (non-hydrogen) atoms. The summed E-state index contributed by atoms with van der Waals surface area (Å²) in [6.45, 7) is 7.09. The molecule has 0 aromatic heterocycles. The van der Waals surface area contributed by atoms with Crippen molar-refractivity contribution < 1.29 is 4.39 Å². The molecule has 0 spiro atoms. The van der Waals surface area contributed by atoms with E-state index in [1.165, 1.54) is 12.1 Å². The predicted molar refractivity (Wildman–Crippen MR) is 80.4 cm³/mol. The highest BCUT2D eigenvalue weighted by molar-refractivity contribution is 7.99. The maximum Gasteiger partial charge on any atom is 0.142 e. The predicted octanol–water partition coefficient (Wildman–Crippen LogP) is 4.92. The van der Waals surface area contributed by atoms with Crippen molar-refractivity contribution in [3.8, 4) is 0 Å². The van der Waals surface area contributed by atoms with Gasteiger partial charge in [-0.05, 0) is 44.7 Å². The monoisotopic (exact) mass is 309 g/mol. The molecule has 0 aliphatic rings. The summed E-state index contributed by atoms with van der Waals surface area (Å²) in [4.78, 5) is 0. The lowest BCUT2D eigenvalue weighted by Crippen LogP contribution is -2.33. The van der Waals surface area contributed by atoms with Gasteiger partial charge >= 0.3 is 0 Å². The highest BCUT2D eigenvalue weighted by Gasteiger charge is 2.19. The lowest BCUT2D eigenvalue weighted by molar-refractivity contribution is 0.519. The van der Waals surface area contributed by atoms with Gasteiger partial charge in [-0.2, -0.15) is 11.8 Å². The topological polar surface area (TPSA) is 12.0 Å². The van der Waals surface area contributed by atoms with Crippen LogP contribution in [0.4, 0.5) is 4.39 Å². The van der Waals surface area contributed by atoms with E-state index in [9.17, 15) is 4.39 Å².